The minimum absolute atomic E-state index is 0.225. The number of para-hydroxylation sites is 2. The summed E-state index contributed by atoms with van der Waals surface area (Å²) in [4.78, 5) is 10.5. The van der Waals surface area contributed by atoms with Crippen molar-refractivity contribution in [3.05, 3.63) is 187 Å². The molecule has 0 radical (unpaired) electrons. The molecule has 57 heavy (non-hydrogen) atoms. The van der Waals surface area contributed by atoms with Crippen molar-refractivity contribution >= 4 is 54.5 Å². The Bertz CT molecular complexity index is 3370. The van der Waals surface area contributed by atoms with Crippen LogP contribution in [0.3, 0.4) is 0 Å². The molecule has 8 aromatic carbocycles. The molecule has 4 heteroatoms. The zero-order chi connectivity index (χ0) is 37.8. The molecule has 0 atom stereocenters. The van der Waals surface area contributed by atoms with E-state index in [1.165, 1.54) is 44.1 Å². The van der Waals surface area contributed by atoms with E-state index >= 15 is 0 Å². The van der Waals surface area contributed by atoms with Gasteiger partial charge in [0.15, 0.2) is 5.82 Å². The SMILES string of the molecule is CC1(C)c2cc3oc4ccccc4c3cc2-c2cc3c4ccccc4n(-c4ccc(-c5nc(-c6ccccc6)cc(-c6ccccc6)n5)c5ccccc45)c3cc21. The van der Waals surface area contributed by atoms with Gasteiger partial charge >= 0.3 is 0 Å². The standard InChI is InChI=1S/C53H35N3O/c1-53(2)43-29-49-41(27-39(43)40-28-42-37-22-12-14-24-50(37)57-51(42)30-44(40)53)36-21-11-13-23-47(36)56(49)48-26-25-38(34-19-9-10-20-35(34)48)52-54-45(32-15-5-3-6-16-32)31-46(55-52)33-17-7-4-8-18-33/h3-31H,1-2H3. The van der Waals surface area contributed by atoms with Crippen molar-refractivity contribution < 1.29 is 4.42 Å². The highest BCUT2D eigenvalue weighted by molar-refractivity contribution is 6.14. The maximum atomic E-state index is 6.39. The molecule has 11 aromatic rings. The lowest BCUT2D eigenvalue weighted by Crippen LogP contribution is -2.15. The van der Waals surface area contributed by atoms with Gasteiger partial charge in [0.1, 0.15) is 11.2 Å². The summed E-state index contributed by atoms with van der Waals surface area (Å²) >= 11 is 0. The van der Waals surface area contributed by atoms with E-state index in [1.807, 2.05) is 18.2 Å². The molecule has 0 unspecified atom stereocenters. The van der Waals surface area contributed by atoms with Crippen LogP contribution in [0.15, 0.2) is 180 Å². The van der Waals surface area contributed by atoms with Crippen LogP contribution in [-0.4, -0.2) is 14.5 Å². The van der Waals surface area contributed by atoms with Gasteiger partial charge in [-0.15, -0.1) is 0 Å². The number of fused-ring (bicyclic) bond motifs is 10. The minimum atomic E-state index is -0.225. The molecule has 0 amide bonds. The van der Waals surface area contributed by atoms with Gasteiger partial charge in [0.05, 0.1) is 28.1 Å². The van der Waals surface area contributed by atoms with Gasteiger partial charge < -0.3 is 8.98 Å². The molecule has 0 saturated heterocycles. The van der Waals surface area contributed by atoms with E-state index < -0.39 is 0 Å². The molecule has 4 nitrogen and oxygen atoms in total. The molecule has 3 aromatic heterocycles. The zero-order valence-electron chi connectivity index (χ0n) is 31.5. The highest BCUT2D eigenvalue weighted by Gasteiger charge is 2.37. The number of furan rings is 1. The van der Waals surface area contributed by atoms with Crippen molar-refractivity contribution in [2.75, 3.05) is 0 Å². The van der Waals surface area contributed by atoms with Gasteiger partial charge in [0.25, 0.3) is 0 Å². The summed E-state index contributed by atoms with van der Waals surface area (Å²) in [6.45, 7) is 4.70. The predicted octanol–water partition coefficient (Wildman–Crippen LogP) is 13.9. The van der Waals surface area contributed by atoms with Gasteiger partial charge in [-0.3, -0.25) is 0 Å². The van der Waals surface area contributed by atoms with Crippen LogP contribution >= 0.6 is 0 Å². The second kappa shape index (κ2) is 11.8. The minimum Gasteiger partial charge on any atom is -0.456 e. The van der Waals surface area contributed by atoms with E-state index in [0.29, 0.717) is 5.82 Å². The van der Waals surface area contributed by atoms with E-state index in [-0.39, 0.29) is 5.41 Å². The molecule has 0 N–H and O–H groups in total. The number of rotatable bonds is 4. The summed E-state index contributed by atoms with van der Waals surface area (Å²) in [7, 11) is 0. The average Bonchev–Trinajstić information content (AvgIpc) is 3.87. The van der Waals surface area contributed by atoms with Crippen LogP contribution in [0.2, 0.25) is 0 Å². The predicted molar refractivity (Wildman–Crippen MR) is 235 cm³/mol. The highest BCUT2D eigenvalue weighted by Crippen LogP contribution is 2.53. The third-order valence-corrected chi connectivity index (χ3v) is 12.2. The monoisotopic (exact) mass is 729 g/mol. The smallest absolute Gasteiger partial charge is 0.161 e. The fourth-order valence-electron chi connectivity index (χ4n) is 9.43. The van der Waals surface area contributed by atoms with Crippen LogP contribution in [0.4, 0.5) is 0 Å². The highest BCUT2D eigenvalue weighted by atomic mass is 16.3. The number of hydrogen-bond donors (Lipinski definition) is 0. The molecule has 0 fully saturated rings. The molecule has 0 bridgehead atoms. The Kier molecular flexibility index (Phi) is 6.65. The molecule has 1 aliphatic carbocycles. The van der Waals surface area contributed by atoms with Crippen LogP contribution in [-0.2, 0) is 5.41 Å². The van der Waals surface area contributed by atoms with Crippen molar-refractivity contribution in [2.45, 2.75) is 19.3 Å². The Morgan fingerprint density at radius 2 is 1.00 bits per heavy atom. The molecule has 268 valence electrons. The molecular weight excluding hydrogens is 695 g/mol. The van der Waals surface area contributed by atoms with Crippen molar-refractivity contribution in [1.29, 1.82) is 0 Å². The average molecular weight is 730 g/mol. The van der Waals surface area contributed by atoms with E-state index in [0.717, 1.165) is 66.5 Å². The van der Waals surface area contributed by atoms with Crippen molar-refractivity contribution in [2.24, 2.45) is 0 Å². The summed E-state index contributed by atoms with van der Waals surface area (Å²) in [5.74, 6) is 0.705. The second-order valence-electron chi connectivity index (χ2n) is 15.8. The quantitative estimate of drug-likeness (QED) is 0.181. The Morgan fingerprint density at radius 1 is 0.421 bits per heavy atom. The third-order valence-electron chi connectivity index (χ3n) is 12.2. The molecule has 3 heterocycles. The molecule has 0 spiro atoms. The Balaban J connectivity index is 1.09. The fourth-order valence-corrected chi connectivity index (χ4v) is 9.43. The van der Waals surface area contributed by atoms with Crippen LogP contribution in [0, 0.1) is 0 Å². The summed E-state index contributed by atoms with van der Waals surface area (Å²) < 4.78 is 8.86. The van der Waals surface area contributed by atoms with Crippen LogP contribution < -0.4 is 0 Å². The summed E-state index contributed by atoms with van der Waals surface area (Å²) in [6.07, 6.45) is 0. The van der Waals surface area contributed by atoms with Crippen molar-refractivity contribution in [3.63, 3.8) is 0 Å². The molecule has 12 rings (SSSR count). The third kappa shape index (κ3) is 4.68. The van der Waals surface area contributed by atoms with Gasteiger partial charge in [0.2, 0.25) is 0 Å². The van der Waals surface area contributed by atoms with E-state index in [9.17, 15) is 0 Å². The summed E-state index contributed by atoms with van der Waals surface area (Å²) in [5.41, 5.74) is 15.3. The fraction of sp³-hybridized carbons (Fsp3) is 0.0566. The van der Waals surface area contributed by atoms with Gasteiger partial charge in [0, 0.05) is 49.0 Å². The van der Waals surface area contributed by atoms with Gasteiger partial charge in [-0.1, -0.05) is 135 Å². The number of hydrogen-bond acceptors (Lipinski definition) is 3. The summed E-state index contributed by atoms with van der Waals surface area (Å²) in [6, 6.07) is 62.7. The van der Waals surface area contributed by atoms with Crippen LogP contribution in [0.1, 0.15) is 25.0 Å². The lowest BCUT2D eigenvalue weighted by molar-refractivity contribution is 0.647. The van der Waals surface area contributed by atoms with Crippen LogP contribution in [0.25, 0.3) is 105 Å². The first-order valence-corrected chi connectivity index (χ1v) is 19.6. The Morgan fingerprint density at radius 3 is 1.72 bits per heavy atom. The van der Waals surface area contributed by atoms with Gasteiger partial charge in [-0.2, -0.15) is 0 Å². The Labute approximate surface area is 329 Å². The molecule has 1 aliphatic rings. The zero-order valence-corrected chi connectivity index (χ0v) is 31.5. The van der Waals surface area contributed by atoms with Gasteiger partial charge in [-0.25, -0.2) is 9.97 Å². The maximum absolute atomic E-state index is 6.39. The lowest BCUT2D eigenvalue weighted by Gasteiger charge is -2.22. The molecule has 0 aliphatic heterocycles. The first-order valence-electron chi connectivity index (χ1n) is 19.6. The second-order valence-corrected chi connectivity index (χ2v) is 15.8. The lowest BCUT2D eigenvalue weighted by atomic mass is 9.82. The van der Waals surface area contributed by atoms with E-state index in [2.05, 4.69) is 176 Å². The number of benzene rings is 8. The van der Waals surface area contributed by atoms with Crippen molar-refractivity contribution in [1.82, 2.24) is 14.5 Å². The van der Waals surface area contributed by atoms with Crippen molar-refractivity contribution in [3.8, 4) is 50.7 Å². The summed E-state index contributed by atoms with van der Waals surface area (Å²) in [5, 5.41) is 7.04. The number of nitrogens with zero attached hydrogens (tertiary/aromatic N) is 3. The van der Waals surface area contributed by atoms with E-state index in [4.69, 9.17) is 14.4 Å². The molecular formula is C53H35N3O. The Hall–Kier alpha value is -7.30. The maximum Gasteiger partial charge on any atom is 0.161 e. The van der Waals surface area contributed by atoms with Gasteiger partial charge in [-0.05, 0) is 82.2 Å². The normalized spacial score (nSPS) is 13.2. The molecule has 0 saturated carbocycles. The largest absolute Gasteiger partial charge is 0.456 e. The topological polar surface area (TPSA) is 43.9 Å². The first kappa shape index (κ1) is 32.0. The number of aromatic nitrogens is 3. The van der Waals surface area contributed by atoms with E-state index in [1.54, 1.807) is 0 Å². The first-order chi connectivity index (χ1) is 28.0. The van der Waals surface area contributed by atoms with Crippen LogP contribution in [0.5, 0.6) is 0 Å².